The summed E-state index contributed by atoms with van der Waals surface area (Å²) in [6.07, 6.45) is 1.49. The van der Waals surface area contributed by atoms with Crippen molar-refractivity contribution >= 4 is 11.3 Å². The number of thiazole rings is 1. The molecule has 2 heterocycles. The summed E-state index contributed by atoms with van der Waals surface area (Å²) in [6.45, 7) is 2.00. The molecule has 0 bridgehead atoms. The number of aromatic amines is 1. The van der Waals surface area contributed by atoms with Gasteiger partial charge in [0.05, 0.1) is 17.7 Å². The third kappa shape index (κ3) is 2.22. The highest BCUT2D eigenvalue weighted by Gasteiger charge is 2.12. The Bertz CT molecular complexity index is 673. The van der Waals surface area contributed by atoms with Crippen LogP contribution in [0.4, 0.5) is 0 Å². The number of benzene rings is 1. The average Bonchev–Trinajstić information content (AvgIpc) is 3.08. The number of rotatable bonds is 3. The van der Waals surface area contributed by atoms with Gasteiger partial charge in [-0.25, -0.2) is 9.97 Å². The first kappa shape index (κ1) is 11.9. The van der Waals surface area contributed by atoms with Crippen LogP contribution in [0.2, 0.25) is 0 Å². The van der Waals surface area contributed by atoms with Crippen molar-refractivity contribution in [3.63, 3.8) is 0 Å². The molecule has 0 fully saturated rings. The third-order valence-corrected chi connectivity index (χ3v) is 3.98. The lowest BCUT2D eigenvalue weighted by Crippen LogP contribution is -1.82. The Balaban J connectivity index is 2.00. The molecule has 96 valence electrons. The van der Waals surface area contributed by atoms with E-state index in [9.17, 15) is 0 Å². The van der Waals surface area contributed by atoms with Gasteiger partial charge in [0.2, 0.25) is 0 Å². The fourth-order valence-corrected chi connectivity index (χ4v) is 2.83. The van der Waals surface area contributed by atoms with E-state index in [1.165, 1.54) is 6.33 Å². The first-order chi connectivity index (χ1) is 9.28. The van der Waals surface area contributed by atoms with Gasteiger partial charge in [0.1, 0.15) is 12.1 Å². The van der Waals surface area contributed by atoms with E-state index < -0.39 is 0 Å². The Hall–Kier alpha value is -2.21. The Kier molecular flexibility index (Phi) is 3.00. The lowest BCUT2D eigenvalue weighted by Gasteiger charge is -2.01. The van der Waals surface area contributed by atoms with Crippen molar-refractivity contribution in [1.29, 1.82) is 0 Å². The molecule has 2 aromatic heterocycles. The van der Waals surface area contributed by atoms with E-state index in [2.05, 4.69) is 20.2 Å². The number of hydrogen-bond acceptors (Lipinski definition) is 5. The Morgan fingerprint density at radius 1 is 1.21 bits per heavy atom. The molecular formula is C13H12N4OS. The maximum absolute atomic E-state index is 5.16. The minimum Gasteiger partial charge on any atom is -0.497 e. The molecule has 0 saturated heterocycles. The van der Waals surface area contributed by atoms with Crippen molar-refractivity contribution in [2.75, 3.05) is 7.11 Å². The van der Waals surface area contributed by atoms with Gasteiger partial charge in [-0.2, -0.15) is 5.10 Å². The Morgan fingerprint density at radius 2 is 2.00 bits per heavy atom. The highest BCUT2D eigenvalue weighted by atomic mass is 32.1. The van der Waals surface area contributed by atoms with Crippen LogP contribution in [-0.2, 0) is 0 Å². The van der Waals surface area contributed by atoms with Crippen molar-refractivity contribution in [3.05, 3.63) is 36.3 Å². The van der Waals surface area contributed by atoms with Gasteiger partial charge in [0.25, 0.3) is 0 Å². The molecule has 0 amide bonds. The Morgan fingerprint density at radius 3 is 2.63 bits per heavy atom. The molecule has 0 radical (unpaired) electrons. The highest BCUT2D eigenvalue weighted by molar-refractivity contribution is 7.18. The zero-order valence-corrected chi connectivity index (χ0v) is 11.4. The van der Waals surface area contributed by atoms with E-state index in [0.29, 0.717) is 5.82 Å². The molecule has 1 aromatic carbocycles. The standard InChI is InChI=1S/C13H12N4OS/c1-8-11(9-3-5-10(18-2)6-4-9)19-13(16-8)12-14-7-15-17-12/h3-7H,1-2H3,(H,14,15,17). The van der Waals surface area contributed by atoms with E-state index in [1.807, 2.05) is 31.2 Å². The molecule has 0 aliphatic heterocycles. The van der Waals surface area contributed by atoms with E-state index in [0.717, 1.165) is 26.9 Å². The summed E-state index contributed by atoms with van der Waals surface area (Å²) >= 11 is 1.60. The highest BCUT2D eigenvalue weighted by Crippen LogP contribution is 2.34. The molecule has 0 spiro atoms. The average molecular weight is 272 g/mol. The maximum atomic E-state index is 5.16. The monoisotopic (exact) mass is 272 g/mol. The second-order valence-corrected chi connectivity index (χ2v) is 5.00. The third-order valence-electron chi connectivity index (χ3n) is 2.77. The van der Waals surface area contributed by atoms with Crippen LogP contribution in [0.15, 0.2) is 30.6 Å². The zero-order valence-electron chi connectivity index (χ0n) is 10.5. The number of nitrogens with one attached hydrogen (secondary N) is 1. The van der Waals surface area contributed by atoms with Crippen LogP contribution in [-0.4, -0.2) is 27.3 Å². The number of methoxy groups -OCH3 is 1. The molecule has 5 nitrogen and oxygen atoms in total. The van der Waals surface area contributed by atoms with Gasteiger partial charge in [-0.15, -0.1) is 11.3 Å². The van der Waals surface area contributed by atoms with Crippen LogP contribution in [0, 0.1) is 6.92 Å². The smallest absolute Gasteiger partial charge is 0.184 e. The first-order valence-corrected chi connectivity index (χ1v) is 6.57. The topological polar surface area (TPSA) is 63.7 Å². The number of hydrogen-bond donors (Lipinski definition) is 1. The molecule has 6 heteroatoms. The normalized spacial score (nSPS) is 10.6. The van der Waals surface area contributed by atoms with Crippen LogP contribution in [0.3, 0.4) is 0 Å². The molecule has 0 atom stereocenters. The molecule has 0 unspecified atom stereocenters. The summed E-state index contributed by atoms with van der Waals surface area (Å²) in [5.41, 5.74) is 2.11. The van der Waals surface area contributed by atoms with Crippen molar-refractivity contribution < 1.29 is 4.74 Å². The molecule has 0 saturated carbocycles. The minimum atomic E-state index is 0.702. The Labute approximate surface area is 114 Å². The largest absolute Gasteiger partial charge is 0.497 e. The fourth-order valence-electron chi connectivity index (χ4n) is 1.82. The summed E-state index contributed by atoms with van der Waals surface area (Å²) < 4.78 is 5.16. The predicted octanol–water partition coefficient (Wildman–Crippen LogP) is 2.91. The van der Waals surface area contributed by atoms with E-state index in [1.54, 1.807) is 18.4 Å². The van der Waals surface area contributed by atoms with Gasteiger partial charge in [0, 0.05) is 0 Å². The zero-order chi connectivity index (χ0) is 13.2. The predicted molar refractivity (Wildman–Crippen MR) is 74.2 cm³/mol. The van der Waals surface area contributed by atoms with E-state index in [-0.39, 0.29) is 0 Å². The molecule has 1 N–H and O–H groups in total. The lowest BCUT2D eigenvalue weighted by molar-refractivity contribution is 0.415. The quantitative estimate of drug-likeness (QED) is 0.796. The fraction of sp³-hybridized carbons (Fsp3) is 0.154. The summed E-state index contributed by atoms with van der Waals surface area (Å²) in [4.78, 5) is 9.78. The van der Waals surface area contributed by atoms with Gasteiger partial charge < -0.3 is 4.74 Å². The number of ether oxygens (including phenoxy) is 1. The molecule has 0 aliphatic carbocycles. The van der Waals surface area contributed by atoms with Crippen LogP contribution < -0.4 is 4.74 Å². The van der Waals surface area contributed by atoms with Gasteiger partial charge in [0.15, 0.2) is 10.8 Å². The van der Waals surface area contributed by atoms with Gasteiger partial charge in [-0.1, -0.05) is 0 Å². The van der Waals surface area contributed by atoms with Gasteiger partial charge in [-0.3, -0.25) is 5.10 Å². The summed E-state index contributed by atoms with van der Waals surface area (Å²) in [6, 6.07) is 7.96. The second kappa shape index (κ2) is 4.81. The van der Waals surface area contributed by atoms with Crippen molar-refractivity contribution in [1.82, 2.24) is 20.2 Å². The van der Waals surface area contributed by atoms with E-state index >= 15 is 0 Å². The number of aromatic nitrogens is 4. The van der Waals surface area contributed by atoms with Crippen LogP contribution in [0.25, 0.3) is 21.3 Å². The van der Waals surface area contributed by atoms with Crippen molar-refractivity contribution in [2.45, 2.75) is 6.92 Å². The first-order valence-electron chi connectivity index (χ1n) is 5.75. The van der Waals surface area contributed by atoms with Crippen LogP contribution >= 0.6 is 11.3 Å². The molecular weight excluding hydrogens is 260 g/mol. The van der Waals surface area contributed by atoms with Crippen LogP contribution in [0.5, 0.6) is 5.75 Å². The number of nitrogens with zero attached hydrogens (tertiary/aromatic N) is 3. The molecule has 3 rings (SSSR count). The van der Waals surface area contributed by atoms with Gasteiger partial charge in [-0.05, 0) is 36.8 Å². The van der Waals surface area contributed by atoms with E-state index in [4.69, 9.17) is 4.74 Å². The number of H-pyrrole nitrogens is 1. The minimum absolute atomic E-state index is 0.702. The maximum Gasteiger partial charge on any atom is 0.184 e. The lowest BCUT2D eigenvalue weighted by atomic mass is 10.1. The summed E-state index contributed by atoms with van der Waals surface area (Å²) in [7, 11) is 1.66. The molecule has 3 aromatic rings. The van der Waals surface area contributed by atoms with Crippen molar-refractivity contribution in [2.24, 2.45) is 0 Å². The summed E-state index contributed by atoms with van der Waals surface area (Å²) in [5, 5.41) is 7.53. The number of aryl methyl sites for hydroxylation is 1. The molecule has 19 heavy (non-hydrogen) atoms. The van der Waals surface area contributed by atoms with Crippen LogP contribution in [0.1, 0.15) is 5.69 Å². The SMILES string of the molecule is COc1ccc(-c2sc(-c3ncn[nH]3)nc2C)cc1. The van der Waals surface area contributed by atoms with Crippen molar-refractivity contribution in [3.8, 4) is 27.0 Å². The second-order valence-electron chi connectivity index (χ2n) is 4.00. The van der Waals surface area contributed by atoms with Gasteiger partial charge >= 0.3 is 0 Å². The summed E-state index contributed by atoms with van der Waals surface area (Å²) in [5.74, 6) is 1.55. The molecule has 0 aliphatic rings.